The van der Waals surface area contributed by atoms with E-state index in [1.165, 1.54) is 83.5 Å². The lowest BCUT2D eigenvalue weighted by atomic mass is 10.0. The second-order valence-electron chi connectivity index (χ2n) is 8.50. The molecule has 0 bridgehead atoms. The van der Waals surface area contributed by atoms with Crippen LogP contribution in [0.1, 0.15) is 90.4 Å². The van der Waals surface area contributed by atoms with Gasteiger partial charge in [0, 0.05) is 13.2 Å². The summed E-state index contributed by atoms with van der Waals surface area (Å²) >= 11 is 0. The van der Waals surface area contributed by atoms with Crippen LogP contribution in [0.25, 0.3) is 0 Å². The molecule has 0 fully saturated rings. The van der Waals surface area contributed by atoms with Crippen LogP contribution < -0.4 is 0 Å². The molecule has 0 aromatic heterocycles. The first-order valence-electron chi connectivity index (χ1n) is 12.7. The van der Waals surface area contributed by atoms with Gasteiger partial charge in [-0.15, -0.1) is 0 Å². The van der Waals surface area contributed by atoms with E-state index in [-0.39, 0.29) is 0 Å². The van der Waals surface area contributed by atoms with Crippen molar-refractivity contribution in [3.8, 4) is 0 Å². The van der Waals surface area contributed by atoms with E-state index < -0.39 is 0 Å². The van der Waals surface area contributed by atoms with Gasteiger partial charge >= 0.3 is 0 Å². The van der Waals surface area contributed by atoms with Gasteiger partial charge in [0.15, 0.2) is 0 Å². The number of likely N-dealkylation sites (N-methyl/N-ethyl adjacent to an activating group) is 1. The fraction of sp³-hybridized carbons (Fsp3) is 1.00. The molecule has 5 heteroatoms. The summed E-state index contributed by atoms with van der Waals surface area (Å²) < 4.78 is 22.1. The lowest BCUT2D eigenvalue weighted by molar-refractivity contribution is -0.00325. The third-order valence-corrected chi connectivity index (χ3v) is 5.19. The van der Waals surface area contributed by atoms with Crippen molar-refractivity contribution in [3.63, 3.8) is 0 Å². The normalized spacial score (nSPS) is 11.6. The number of hydrogen-bond donors (Lipinski definition) is 0. The molecule has 0 amide bonds. The van der Waals surface area contributed by atoms with Gasteiger partial charge in [-0.25, -0.2) is 0 Å². The highest BCUT2D eigenvalue weighted by Crippen LogP contribution is 2.12. The molecule has 0 heterocycles. The van der Waals surface area contributed by atoms with E-state index in [9.17, 15) is 0 Å². The lowest BCUT2D eigenvalue weighted by Crippen LogP contribution is -2.19. The van der Waals surface area contributed by atoms with E-state index in [0.717, 1.165) is 19.8 Å². The molecule has 0 radical (unpaired) electrons. The van der Waals surface area contributed by atoms with Crippen LogP contribution in [-0.4, -0.2) is 78.4 Å². The Kier molecular flexibility index (Phi) is 26.7. The van der Waals surface area contributed by atoms with E-state index in [4.69, 9.17) is 18.9 Å². The van der Waals surface area contributed by atoms with Crippen LogP contribution in [0.2, 0.25) is 0 Å². The molecular formula is C25H53NO4. The first-order valence-corrected chi connectivity index (χ1v) is 12.7. The van der Waals surface area contributed by atoms with Crippen molar-refractivity contribution in [1.82, 2.24) is 4.90 Å². The Bertz CT molecular complexity index is 303. The molecule has 0 aromatic rings. The van der Waals surface area contributed by atoms with Crippen LogP contribution in [0, 0.1) is 0 Å². The molecule has 0 atom stereocenters. The van der Waals surface area contributed by atoms with Crippen LogP contribution in [-0.2, 0) is 18.9 Å². The summed E-state index contributed by atoms with van der Waals surface area (Å²) in [7, 11) is 4.08. The van der Waals surface area contributed by atoms with Gasteiger partial charge in [-0.05, 0) is 20.5 Å². The monoisotopic (exact) mass is 431 g/mol. The molecule has 0 aliphatic rings. The fourth-order valence-electron chi connectivity index (χ4n) is 3.23. The summed E-state index contributed by atoms with van der Waals surface area (Å²) in [5.41, 5.74) is 0. The van der Waals surface area contributed by atoms with E-state index in [2.05, 4.69) is 11.8 Å². The first kappa shape index (κ1) is 29.8. The number of rotatable bonds is 26. The Balaban J connectivity index is 2.99. The average molecular weight is 432 g/mol. The predicted octanol–water partition coefficient (Wildman–Crippen LogP) is 5.71. The van der Waals surface area contributed by atoms with Crippen molar-refractivity contribution in [2.24, 2.45) is 0 Å². The molecular weight excluding hydrogens is 378 g/mol. The Morgan fingerprint density at radius 3 is 1.13 bits per heavy atom. The van der Waals surface area contributed by atoms with Crippen LogP contribution in [0.5, 0.6) is 0 Å². The van der Waals surface area contributed by atoms with Crippen molar-refractivity contribution < 1.29 is 18.9 Å². The average Bonchev–Trinajstić information content (AvgIpc) is 2.73. The van der Waals surface area contributed by atoms with Crippen molar-refractivity contribution in [2.45, 2.75) is 90.4 Å². The summed E-state index contributed by atoms with van der Waals surface area (Å²) in [5.74, 6) is 0. The maximum atomic E-state index is 5.64. The Morgan fingerprint density at radius 2 is 0.733 bits per heavy atom. The SMILES string of the molecule is CCCCCCCCCCCCCCCOCCOCCOCCOCCN(C)C. The van der Waals surface area contributed by atoms with Gasteiger partial charge in [0.25, 0.3) is 0 Å². The van der Waals surface area contributed by atoms with Crippen molar-refractivity contribution >= 4 is 0 Å². The zero-order valence-corrected chi connectivity index (χ0v) is 20.6. The lowest BCUT2D eigenvalue weighted by Gasteiger charge is -2.10. The van der Waals surface area contributed by atoms with Gasteiger partial charge in [0.1, 0.15) is 0 Å². The minimum Gasteiger partial charge on any atom is -0.379 e. The minimum absolute atomic E-state index is 0.621. The molecule has 30 heavy (non-hydrogen) atoms. The highest BCUT2D eigenvalue weighted by atomic mass is 16.6. The predicted molar refractivity (Wildman–Crippen MR) is 128 cm³/mol. The topological polar surface area (TPSA) is 40.2 Å². The molecule has 5 nitrogen and oxygen atoms in total. The van der Waals surface area contributed by atoms with Gasteiger partial charge in [0.2, 0.25) is 0 Å². The van der Waals surface area contributed by atoms with Crippen LogP contribution in [0.4, 0.5) is 0 Å². The molecule has 0 unspecified atom stereocenters. The zero-order valence-electron chi connectivity index (χ0n) is 20.6. The third kappa shape index (κ3) is 27.8. The number of hydrogen-bond acceptors (Lipinski definition) is 5. The molecule has 0 aliphatic heterocycles. The van der Waals surface area contributed by atoms with Gasteiger partial charge in [-0.1, -0.05) is 84.0 Å². The first-order chi connectivity index (χ1) is 14.8. The van der Waals surface area contributed by atoms with Crippen molar-refractivity contribution in [1.29, 1.82) is 0 Å². The molecule has 0 saturated heterocycles. The molecule has 0 N–H and O–H groups in total. The summed E-state index contributed by atoms with van der Waals surface area (Å²) in [6.07, 6.45) is 18.0. The third-order valence-electron chi connectivity index (χ3n) is 5.19. The van der Waals surface area contributed by atoms with E-state index in [0.29, 0.717) is 39.6 Å². The number of ether oxygens (including phenoxy) is 4. The zero-order chi connectivity index (χ0) is 22.0. The smallest absolute Gasteiger partial charge is 0.0701 e. The molecule has 0 spiro atoms. The highest BCUT2D eigenvalue weighted by molar-refractivity contribution is 4.49. The van der Waals surface area contributed by atoms with E-state index in [1.807, 2.05) is 14.1 Å². The highest BCUT2D eigenvalue weighted by Gasteiger charge is 1.96. The molecule has 0 aliphatic carbocycles. The van der Waals surface area contributed by atoms with Crippen molar-refractivity contribution in [2.75, 3.05) is 73.5 Å². The van der Waals surface area contributed by atoms with Gasteiger partial charge in [-0.3, -0.25) is 0 Å². The summed E-state index contributed by atoms with van der Waals surface area (Å²) in [5, 5.41) is 0. The molecule has 0 aromatic carbocycles. The summed E-state index contributed by atoms with van der Waals surface area (Å²) in [6, 6.07) is 0. The maximum Gasteiger partial charge on any atom is 0.0701 e. The van der Waals surface area contributed by atoms with Crippen LogP contribution in [0.3, 0.4) is 0 Å². The molecule has 0 saturated carbocycles. The largest absolute Gasteiger partial charge is 0.379 e. The summed E-state index contributed by atoms with van der Waals surface area (Å²) in [6.45, 7) is 8.71. The van der Waals surface area contributed by atoms with Gasteiger partial charge < -0.3 is 23.8 Å². The van der Waals surface area contributed by atoms with E-state index in [1.54, 1.807) is 0 Å². The van der Waals surface area contributed by atoms with Gasteiger partial charge in [0.05, 0.1) is 46.2 Å². The second-order valence-corrected chi connectivity index (χ2v) is 8.50. The Hall–Kier alpha value is -0.200. The maximum absolute atomic E-state index is 5.64. The van der Waals surface area contributed by atoms with Gasteiger partial charge in [-0.2, -0.15) is 0 Å². The minimum atomic E-state index is 0.621. The fourth-order valence-corrected chi connectivity index (χ4v) is 3.23. The Labute approximate surface area is 188 Å². The van der Waals surface area contributed by atoms with Crippen LogP contribution >= 0.6 is 0 Å². The van der Waals surface area contributed by atoms with Crippen molar-refractivity contribution in [3.05, 3.63) is 0 Å². The quantitative estimate of drug-likeness (QED) is 0.164. The second kappa shape index (κ2) is 26.8. The van der Waals surface area contributed by atoms with Crippen LogP contribution in [0.15, 0.2) is 0 Å². The molecule has 182 valence electrons. The molecule has 0 rings (SSSR count). The summed E-state index contributed by atoms with van der Waals surface area (Å²) in [4.78, 5) is 2.11. The number of nitrogens with zero attached hydrogens (tertiary/aromatic N) is 1. The Morgan fingerprint density at radius 1 is 0.400 bits per heavy atom. The standard InChI is InChI=1S/C25H53NO4/c1-4-5-6-7-8-9-10-11-12-13-14-15-16-18-27-20-22-29-24-25-30-23-21-28-19-17-26(2)3/h4-25H2,1-3H3. The number of unbranched alkanes of at least 4 members (excludes halogenated alkanes) is 12. The van der Waals surface area contributed by atoms with E-state index >= 15 is 0 Å².